The Balaban J connectivity index is 0.00000256. The van der Waals surface area contributed by atoms with Crippen LogP contribution in [-0.2, 0) is 0 Å². The Labute approximate surface area is 107 Å². The highest BCUT2D eigenvalue weighted by Crippen LogP contribution is 2.31. The molecule has 4 N–H and O–H groups in total. The molecule has 0 aliphatic carbocycles. The van der Waals surface area contributed by atoms with Crippen molar-refractivity contribution in [2.45, 2.75) is 12.4 Å². The number of nitrogens with two attached hydrogens (primary N) is 2. The first kappa shape index (κ1) is 16.3. The first-order valence-corrected chi connectivity index (χ1v) is 4.72. The molecule has 0 radical (unpaired) electrons. The molecule has 1 aromatic carbocycles. The predicted octanol–water partition coefficient (Wildman–Crippen LogP) is 2.62. The Bertz CT molecular complexity index is 374. The van der Waals surface area contributed by atoms with E-state index in [4.69, 9.17) is 23.1 Å². The lowest BCUT2D eigenvalue weighted by atomic mass is 10.1. The van der Waals surface area contributed by atoms with Gasteiger partial charge in [0.05, 0.1) is 5.02 Å². The predicted molar refractivity (Wildman–Crippen MR) is 61.4 cm³/mol. The van der Waals surface area contributed by atoms with Gasteiger partial charge in [-0.1, -0.05) is 17.7 Å². The highest BCUT2D eigenvalue weighted by Gasteiger charge is 2.32. The van der Waals surface area contributed by atoms with Crippen molar-refractivity contribution in [2.75, 3.05) is 6.54 Å². The molecule has 0 aliphatic heterocycles. The van der Waals surface area contributed by atoms with E-state index in [-0.39, 0.29) is 24.0 Å². The Morgan fingerprint density at radius 2 is 1.94 bits per heavy atom. The molecule has 0 aliphatic rings. The Morgan fingerprint density at radius 3 is 2.35 bits per heavy atom. The summed E-state index contributed by atoms with van der Waals surface area (Å²) < 4.78 is 39.5. The Morgan fingerprint density at radius 1 is 1.35 bits per heavy atom. The molecule has 0 unspecified atom stereocenters. The van der Waals surface area contributed by atoms with Crippen LogP contribution in [0.3, 0.4) is 0 Å². The molecule has 0 saturated carbocycles. The Hall–Kier alpha value is -0.690. The molecule has 0 aromatic heterocycles. The van der Waals surface area contributed by atoms with E-state index in [0.717, 1.165) is 6.07 Å². The molecule has 1 rings (SSSR count). The minimum absolute atomic E-state index is 0. The van der Waals surface area contributed by atoms with E-state index in [0.29, 0.717) is 5.56 Å². The average Bonchev–Trinajstić information content (AvgIpc) is 2.18. The molecule has 0 fully saturated rings. The second kappa shape index (κ2) is 6.30. The number of halogens is 5. The van der Waals surface area contributed by atoms with Crippen LogP contribution in [0.25, 0.3) is 0 Å². The van der Waals surface area contributed by atoms with Gasteiger partial charge >= 0.3 is 6.36 Å². The molecule has 0 amide bonds. The van der Waals surface area contributed by atoms with Crippen molar-refractivity contribution in [1.29, 1.82) is 0 Å². The molecule has 1 atom stereocenters. The van der Waals surface area contributed by atoms with E-state index in [1.807, 2.05) is 0 Å². The summed E-state index contributed by atoms with van der Waals surface area (Å²) in [5, 5.41) is -0.154. The maximum absolute atomic E-state index is 11.9. The van der Waals surface area contributed by atoms with Crippen LogP contribution >= 0.6 is 24.0 Å². The van der Waals surface area contributed by atoms with Crippen LogP contribution in [0.2, 0.25) is 5.02 Å². The summed E-state index contributed by atoms with van der Waals surface area (Å²) in [6.07, 6.45) is -4.76. The fraction of sp³-hybridized carbons (Fsp3) is 0.333. The third-order valence-electron chi connectivity index (χ3n) is 1.86. The van der Waals surface area contributed by atoms with Crippen molar-refractivity contribution < 1.29 is 17.9 Å². The fourth-order valence-electron chi connectivity index (χ4n) is 1.09. The van der Waals surface area contributed by atoms with E-state index < -0.39 is 18.2 Å². The molecule has 3 nitrogen and oxygen atoms in total. The van der Waals surface area contributed by atoms with Gasteiger partial charge in [0, 0.05) is 12.6 Å². The van der Waals surface area contributed by atoms with Gasteiger partial charge < -0.3 is 16.2 Å². The number of hydrogen-bond acceptors (Lipinski definition) is 3. The zero-order valence-electron chi connectivity index (χ0n) is 8.50. The summed E-state index contributed by atoms with van der Waals surface area (Å²) in [5.41, 5.74) is 11.5. The quantitative estimate of drug-likeness (QED) is 0.900. The monoisotopic (exact) mass is 290 g/mol. The maximum atomic E-state index is 11.9. The van der Waals surface area contributed by atoms with Gasteiger partial charge in [-0.2, -0.15) is 0 Å². The third kappa shape index (κ3) is 4.99. The van der Waals surface area contributed by atoms with Crippen LogP contribution < -0.4 is 16.2 Å². The summed E-state index contributed by atoms with van der Waals surface area (Å²) in [6, 6.07) is 3.35. The van der Waals surface area contributed by atoms with Crippen molar-refractivity contribution in [3.8, 4) is 5.75 Å². The first-order valence-electron chi connectivity index (χ1n) is 4.34. The Kier molecular flexibility index (Phi) is 6.04. The van der Waals surface area contributed by atoms with Gasteiger partial charge in [0.15, 0.2) is 0 Å². The lowest BCUT2D eigenvalue weighted by Gasteiger charge is -2.13. The molecule has 0 spiro atoms. The third-order valence-corrected chi connectivity index (χ3v) is 2.16. The van der Waals surface area contributed by atoms with Gasteiger partial charge in [0.2, 0.25) is 0 Å². The summed E-state index contributed by atoms with van der Waals surface area (Å²) in [7, 11) is 0. The molecule has 0 saturated heterocycles. The van der Waals surface area contributed by atoms with Crippen molar-refractivity contribution in [3.05, 3.63) is 28.8 Å². The molecule has 1 aromatic rings. The molecule has 17 heavy (non-hydrogen) atoms. The highest BCUT2D eigenvalue weighted by molar-refractivity contribution is 6.32. The van der Waals surface area contributed by atoms with Crippen LogP contribution in [-0.4, -0.2) is 12.9 Å². The topological polar surface area (TPSA) is 61.3 Å². The van der Waals surface area contributed by atoms with Gasteiger partial charge in [-0.25, -0.2) is 0 Å². The zero-order valence-corrected chi connectivity index (χ0v) is 10.1. The highest BCUT2D eigenvalue weighted by atomic mass is 35.5. The van der Waals surface area contributed by atoms with Gasteiger partial charge in [0.1, 0.15) is 5.75 Å². The lowest BCUT2D eigenvalue weighted by molar-refractivity contribution is -0.274. The average molecular weight is 291 g/mol. The second-order valence-electron chi connectivity index (χ2n) is 3.08. The van der Waals surface area contributed by atoms with Crippen LogP contribution in [0.4, 0.5) is 13.2 Å². The van der Waals surface area contributed by atoms with E-state index in [2.05, 4.69) is 4.74 Å². The van der Waals surface area contributed by atoms with Crippen LogP contribution in [0.1, 0.15) is 11.6 Å². The van der Waals surface area contributed by atoms with Gasteiger partial charge in [-0.3, -0.25) is 0 Å². The standard InChI is InChI=1S/C9H10ClF3N2O.ClH/c10-6-3-5(7(15)4-14)1-2-8(6)16-9(11,12)13;/h1-3,7H,4,14-15H2;1H/t7-;/m0./s1. The van der Waals surface area contributed by atoms with Crippen molar-refractivity contribution >= 4 is 24.0 Å². The zero-order chi connectivity index (χ0) is 12.3. The lowest BCUT2D eigenvalue weighted by Crippen LogP contribution is -2.21. The molecular formula is C9H11Cl2F3N2O. The number of rotatable bonds is 3. The minimum Gasteiger partial charge on any atom is -0.404 e. The maximum Gasteiger partial charge on any atom is 0.573 e. The molecule has 98 valence electrons. The van der Waals surface area contributed by atoms with Crippen molar-refractivity contribution in [2.24, 2.45) is 11.5 Å². The number of ether oxygens (including phenoxy) is 1. The first-order chi connectivity index (χ1) is 7.33. The summed E-state index contributed by atoms with van der Waals surface area (Å²) in [5.74, 6) is -0.456. The summed E-state index contributed by atoms with van der Waals surface area (Å²) >= 11 is 5.62. The van der Waals surface area contributed by atoms with Crippen LogP contribution in [0.15, 0.2) is 18.2 Å². The van der Waals surface area contributed by atoms with Crippen molar-refractivity contribution in [1.82, 2.24) is 0 Å². The number of hydrogen-bond donors (Lipinski definition) is 2. The van der Waals surface area contributed by atoms with Gasteiger partial charge in [0.25, 0.3) is 0 Å². The molecule has 0 bridgehead atoms. The number of benzene rings is 1. The van der Waals surface area contributed by atoms with E-state index in [1.165, 1.54) is 12.1 Å². The van der Waals surface area contributed by atoms with Gasteiger partial charge in [-0.05, 0) is 17.7 Å². The van der Waals surface area contributed by atoms with Gasteiger partial charge in [-0.15, -0.1) is 25.6 Å². The van der Waals surface area contributed by atoms with Crippen LogP contribution in [0.5, 0.6) is 5.75 Å². The summed E-state index contributed by atoms with van der Waals surface area (Å²) in [4.78, 5) is 0. The van der Waals surface area contributed by atoms with Crippen LogP contribution in [0, 0.1) is 0 Å². The minimum atomic E-state index is -4.76. The second-order valence-corrected chi connectivity index (χ2v) is 3.49. The number of alkyl halides is 3. The van der Waals surface area contributed by atoms with E-state index in [1.54, 1.807) is 0 Å². The van der Waals surface area contributed by atoms with Crippen molar-refractivity contribution in [3.63, 3.8) is 0 Å². The SMILES string of the molecule is Cl.NC[C@H](N)c1ccc(OC(F)(F)F)c(Cl)c1. The van der Waals surface area contributed by atoms with E-state index >= 15 is 0 Å². The molecule has 8 heteroatoms. The normalized spacial score (nSPS) is 12.8. The molecule has 0 heterocycles. The summed E-state index contributed by atoms with van der Waals surface area (Å²) in [6.45, 7) is 0.176. The van der Waals surface area contributed by atoms with E-state index in [9.17, 15) is 13.2 Å². The largest absolute Gasteiger partial charge is 0.573 e. The molecular weight excluding hydrogens is 280 g/mol. The fourth-order valence-corrected chi connectivity index (χ4v) is 1.32. The smallest absolute Gasteiger partial charge is 0.404 e.